The average molecular weight is 387 g/mol. The molecule has 1 amide bonds. The number of fused-ring (bicyclic) bond motifs is 1. The number of hydrogen-bond acceptors (Lipinski definition) is 3. The molecule has 0 spiro atoms. The van der Waals surface area contributed by atoms with Gasteiger partial charge in [-0.05, 0) is 79.6 Å². The summed E-state index contributed by atoms with van der Waals surface area (Å²) in [7, 11) is -3.71. The zero-order valence-electron chi connectivity index (χ0n) is 16.5. The summed E-state index contributed by atoms with van der Waals surface area (Å²) in [6, 6.07) is 7.60. The van der Waals surface area contributed by atoms with Gasteiger partial charge in [0, 0.05) is 25.7 Å². The molecule has 1 N–H and O–H groups in total. The van der Waals surface area contributed by atoms with E-state index < -0.39 is 10.0 Å². The van der Waals surface area contributed by atoms with Crippen LogP contribution in [0, 0.1) is 27.7 Å². The molecule has 1 aliphatic heterocycles. The number of benzene rings is 2. The molecule has 0 aliphatic carbocycles. The van der Waals surface area contributed by atoms with E-state index in [2.05, 4.69) is 4.72 Å². The normalized spacial score (nSPS) is 14.0. The zero-order valence-corrected chi connectivity index (χ0v) is 17.3. The number of rotatable bonds is 3. The van der Waals surface area contributed by atoms with Crippen molar-refractivity contribution in [2.45, 2.75) is 52.5 Å². The number of anilines is 1. The lowest BCUT2D eigenvalue weighted by molar-refractivity contribution is -0.129. The zero-order chi connectivity index (χ0) is 19.9. The number of carbonyl (C=O) groups is 1. The van der Waals surface area contributed by atoms with E-state index >= 15 is 0 Å². The van der Waals surface area contributed by atoms with Crippen LogP contribution in [-0.4, -0.2) is 25.8 Å². The number of nitrogens with one attached hydrogen (secondary N) is 1. The minimum Gasteiger partial charge on any atom is -0.338 e. The van der Waals surface area contributed by atoms with E-state index in [9.17, 15) is 13.2 Å². The third-order valence-corrected chi connectivity index (χ3v) is 7.14. The van der Waals surface area contributed by atoms with Gasteiger partial charge in [-0.25, -0.2) is 8.42 Å². The van der Waals surface area contributed by atoms with Crippen LogP contribution < -0.4 is 4.72 Å². The highest BCUT2D eigenvalue weighted by molar-refractivity contribution is 7.92. The lowest BCUT2D eigenvalue weighted by Crippen LogP contribution is -2.34. The van der Waals surface area contributed by atoms with Crippen LogP contribution in [-0.2, 0) is 27.8 Å². The smallest absolute Gasteiger partial charge is 0.262 e. The molecule has 0 bridgehead atoms. The van der Waals surface area contributed by atoms with Crippen molar-refractivity contribution in [2.75, 3.05) is 11.3 Å². The second-order valence-corrected chi connectivity index (χ2v) is 8.99. The highest BCUT2D eigenvalue weighted by Crippen LogP contribution is 2.29. The molecule has 0 atom stereocenters. The van der Waals surface area contributed by atoms with Crippen LogP contribution in [0.15, 0.2) is 29.2 Å². The molecule has 0 saturated heterocycles. The van der Waals surface area contributed by atoms with Crippen molar-refractivity contribution < 1.29 is 13.2 Å². The number of carbonyl (C=O) groups excluding carboxylic acids is 1. The topological polar surface area (TPSA) is 66.5 Å². The van der Waals surface area contributed by atoms with Gasteiger partial charge in [0.15, 0.2) is 0 Å². The first-order valence-corrected chi connectivity index (χ1v) is 10.6. The van der Waals surface area contributed by atoms with E-state index in [4.69, 9.17) is 0 Å². The second kappa shape index (κ2) is 7.00. The van der Waals surface area contributed by atoms with Gasteiger partial charge in [0.05, 0.1) is 4.90 Å². The molecule has 0 saturated carbocycles. The maximum absolute atomic E-state index is 13.1. The van der Waals surface area contributed by atoms with Crippen LogP contribution in [0.4, 0.5) is 5.69 Å². The summed E-state index contributed by atoms with van der Waals surface area (Å²) in [6.07, 6.45) is 0.789. The van der Waals surface area contributed by atoms with E-state index in [1.54, 1.807) is 17.9 Å². The first kappa shape index (κ1) is 19.4. The molecule has 0 radical (unpaired) electrons. The van der Waals surface area contributed by atoms with Crippen molar-refractivity contribution in [3.8, 4) is 0 Å². The van der Waals surface area contributed by atoms with Gasteiger partial charge in [0.2, 0.25) is 5.91 Å². The molecule has 6 heteroatoms. The molecule has 0 unspecified atom stereocenters. The Kier molecular flexibility index (Phi) is 5.04. The van der Waals surface area contributed by atoms with Gasteiger partial charge in [-0.3, -0.25) is 9.52 Å². The van der Waals surface area contributed by atoms with Crippen molar-refractivity contribution >= 4 is 21.6 Å². The summed E-state index contributed by atoms with van der Waals surface area (Å²) in [4.78, 5) is 13.8. The van der Waals surface area contributed by atoms with E-state index in [1.165, 1.54) is 0 Å². The fourth-order valence-electron chi connectivity index (χ4n) is 3.68. The van der Waals surface area contributed by atoms with E-state index in [1.807, 2.05) is 45.9 Å². The molecule has 27 heavy (non-hydrogen) atoms. The minimum absolute atomic E-state index is 0.0353. The predicted molar refractivity (Wildman–Crippen MR) is 107 cm³/mol. The fraction of sp³-hybridized carbons (Fsp3) is 0.381. The van der Waals surface area contributed by atoms with Crippen LogP contribution in [0.25, 0.3) is 0 Å². The Balaban J connectivity index is 1.97. The highest BCUT2D eigenvalue weighted by Gasteiger charge is 2.23. The molecular weight excluding hydrogens is 360 g/mol. The molecule has 3 rings (SSSR count). The molecular formula is C21H26N2O3S. The summed E-state index contributed by atoms with van der Waals surface area (Å²) in [5.74, 6) is 0.0353. The molecule has 0 aromatic heterocycles. The lowest BCUT2D eigenvalue weighted by atomic mass is 9.99. The monoisotopic (exact) mass is 386 g/mol. The molecule has 0 fully saturated rings. The Hall–Kier alpha value is -2.34. The maximum atomic E-state index is 13.1. The van der Waals surface area contributed by atoms with Gasteiger partial charge in [-0.2, -0.15) is 0 Å². The van der Waals surface area contributed by atoms with Crippen LogP contribution in [0.2, 0.25) is 0 Å². The lowest BCUT2D eigenvalue weighted by Gasteiger charge is -2.28. The standard InChI is InChI=1S/C21H26N2O3S/c1-13-10-14(2)16(4)21(15(13)3)27(25,26)22-20-7-6-18-8-9-23(17(5)24)12-19(18)11-20/h6-7,10-11,22H,8-9,12H2,1-5H3. The number of aryl methyl sites for hydroxylation is 2. The number of sulfonamides is 1. The summed E-state index contributed by atoms with van der Waals surface area (Å²) < 4.78 is 29.0. The second-order valence-electron chi connectivity index (χ2n) is 7.37. The van der Waals surface area contributed by atoms with Crippen LogP contribution in [0.3, 0.4) is 0 Å². The fourth-order valence-corrected chi connectivity index (χ4v) is 5.35. The number of amides is 1. The van der Waals surface area contributed by atoms with Crippen molar-refractivity contribution in [2.24, 2.45) is 0 Å². The molecule has 1 heterocycles. The Morgan fingerprint density at radius 2 is 1.63 bits per heavy atom. The van der Waals surface area contributed by atoms with Gasteiger partial charge in [-0.15, -0.1) is 0 Å². The summed E-state index contributed by atoms with van der Waals surface area (Å²) in [5, 5.41) is 0. The van der Waals surface area contributed by atoms with Crippen molar-refractivity contribution in [3.05, 3.63) is 57.6 Å². The molecule has 1 aliphatic rings. The van der Waals surface area contributed by atoms with Gasteiger partial charge in [0.1, 0.15) is 0 Å². The largest absolute Gasteiger partial charge is 0.338 e. The van der Waals surface area contributed by atoms with Crippen LogP contribution in [0.5, 0.6) is 0 Å². The van der Waals surface area contributed by atoms with Crippen molar-refractivity contribution in [3.63, 3.8) is 0 Å². The molecule has 2 aromatic rings. The van der Waals surface area contributed by atoms with Crippen molar-refractivity contribution in [1.29, 1.82) is 0 Å². The van der Waals surface area contributed by atoms with E-state index in [0.717, 1.165) is 39.8 Å². The Bertz CT molecular complexity index is 1000. The first-order chi connectivity index (χ1) is 12.6. The third-order valence-electron chi connectivity index (χ3n) is 5.48. The highest BCUT2D eigenvalue weighted by atomic mass is 32.2. The van der Waals surface area contributed by atoms with E-state index in [-0.39, 0.29) is 5.91 Å². The van der Waals surface area contributed by atoms with Crippen LogP contribution >= 0.6 is 0 Å². The first-order valence-electron chi connectivity index (χ1n) is 9.07. The Morgan fingerprint density at radius 3 is 2.22 bits per heavy atom. The number of nitrogens with zero attached hydrogens (tertiary/aromatic N) is 1. The predicted octanol–water partition coefficient (Wildman–Crippen LogP) is 3.63. The summed E-state index contributed by atoms with van der Waals surface area (Å²) in [5.41, 5.74) is 6.14. The van der Waals surface area contributed by atoms with Crippen molar-refractivity contribution in [1.82, 2.24) is 4.90 Å². The minimum atomic E-state index is -3.71. The van der Waals surface area contributed by atoms with Gasteiger partial charge in [-0.1, -0.05) is 12.1 Å². The van der Waals surface area contributed by atoms with Gasteiger partial charge in [0.25, 0.3) is 10.0 Å². The molecule has 5 nitrogen and oxygen atoms in total. The number of hydrogen-bond donors (Lipinski definition) is 1. The SMILES string of the molecule is CC(=O)N1CCc2ccc(NS(=O)(=O)c3c(C)c(C)cc(C)c3C)cc2C1. The summed E-state index contributed by atoms with van der Waals surface area (Å²) >= 11 is 0. The quantitative estimate of drug-likeness (QED) is 0.876. The Labute approximate surface area is 161 Å². The molecule has 2 aromatic carbocycles. The average Bonchev–Trinajstić information content (AvgIpc) is 2.59. The van der Waals surface area contributed by atoms with Gasteiger partial charge >= 0.3 is 0 Å². The van der Waals surface area contributed by atoms with Gasteiger partial charge < -0.3 is 4.90 Å². The van der Waals surface area contributed by atoms with E-state index in [0.29, 0.717) is 23.7 Å². The van der Waals surface area contributed by atoms with Crippen LogP contribution in [0.1, 0.15) is 40.3 Å². The molecule has 144 valence electrons. The Morgan fingerprint density at radius 1 is 1.00 bits per heavy atom. The third kappa shape index (κ3) is 3.72. The maximum Gasteiger partial charge on any atom is 0.262 e. The summed E-state index contributed by atoms with van der Waals surface area (Å²) in [6.45, 7) is 10.3.